The normalized spacial score (nSPS) is 16.7. The zero-order valence-corrected chi connectivity index (χ0v) is 19.8. The molecule has 2 aromatic rings. The minimum absolute atomic E-state index is 0.00679. The zero-order chi connectivity index (χ0) is 22.9. The summed E-state index contributed by atoms with van der Waals surface area (Å²) in [4.78, 5) is 22.7. The highest BCUT2D eigenvalue weighted by Crippen LogP contribution is 2.34. The number of amides is 1. The van der Waals surface area contributed by atoms with Crippen molar-refractivity contribution in [2.24, 2.45) is 5.92 Å². The quantitative estimate of drug-likeness (QED) is 0.491. The van der Waals surface area contributed by atoms with Crippen molar-refractivity contribution in [2.45, 2.75) is 62.7 Å². The molecule has 8 heteroatoms. The highest BCUT2D eigenvalue weighted by Gasteiger charge is 2.26. The van der Waals surface area contributed by atoms with Gasteiger partial charge in [-0.15, -0.1) is 0 Å². The van der Waals surface area contributed by atoms with Crippen molar-refractivity contribution in [1.29, 1.82) is 0 Å². The van der Waals surface area contributed by atoms with E-state index in [1.807, 2.05) is 25.1 Å². The minimum atomic E-state index is -1.06. The average Bonchev–Trinajstić information content (AvgIpc) is 3.05. The van der Waals surface area contributed by atoms with Crippen molar-refractivity contribution in [3.63, 3.8) is 0 Å². The smallest absolute Gasteiger partial charge is 0.233 e. The highest BCUT2D eigenvalue weighted by atomic mass is 32.2. The van der Waals surface area contributed by atoms with Gasteiger partial charge in [0.1, 0.15) is 5.82 Å². The third-order valence-electron chi connectivity index (χ3n) is 6.09. The molecule has 1 fully saturated rings. The third-order valence-corrected chi connectivity index (χ3v) is 7.17. The largest absolute Gasteiger partial charge is 0.395 e. The number of aliphatic hydroxyl groups excluding tert-OH is 1. The van der Waals surface area contributed by atoms with Gasteiger partial charge in [0.05, 0.1) is 35.7 Å². The summed E-state index contributed by atoms with van der Waals surface area (Å²) >= 11 is 0. The van der Waals surface area contributed by atoms with Gasteiger partial charge in [-0.2, -0.15) is 0 Å². The Morgan fingerprint density at radius 2 is 1.84 bits per heavy atom. The number of aliphatic hydroxyl groups is 1. The maximum absolute atomic E-state index is 13.4. The Morgan fingerprint density at radius 3 is 2.44 bits per heavy atom. The lowest BCUT2D eigenvalue weighted by Crippen LogP contribution is -2.24. The van der Waals surface area contributed by atoms with Gasteiger partial charge in [-0.25, -0.2) is 9.97 Å². The molecule has 3 rings (SSSR count). The Hall–Kier alpha value is -2.32. The molecule has 1 heterocycles. The van der Waals surface area contributed by atoms with Crippen molar-refractivity contribution in [1.82, 2.24) is 9.97 Å². The monoisotopic (exact) mass is 458 g/mol. The molecule has 0 radical (unpaired) electrons. The first-order chi connectivity index (χ1) is 15.5. The number of rotatable bonds is 9. The topological polar surface area (TPSA) is 104 Å². The predicted molar refractivity (Wildman–Crippen MR) is 128 cm³/mol. The molecular weight excluding hydrogens is 424 g/mol. The maximum Gasteiger partial charge on any atom is 0.233 e. The zero-order valence-electron chi connectivity index (χ0n) is 19.0. The van der Waals surface area contributed by atoms with Crippen LogP contribution in [0.3, 0.4) is 0 Å². The lowest BCUT2D eigenvalue weighted by Gasteiger charge is -2.23. The lowest BCUT2D eigenvalue weighted by molar-refractivity contribution is -0.118. The summed E-state index contributed by atoms with van der Waals surface area (Å²) in [6.45, 7) is 2.35. The molecule has 0 saturated heterocycles. The Kier molecular flexibility index (Phi) is 9.17. The van der Waals surface area contributed by atoms with Gasteiger partial charge in [0.25, 0.3) is 0 Å². The van der Waals surface area contributed by atoms with Crippen LogP contribution in [0.5, 0.6) is 0 Å². The van der Waals surface area contributed by atoms with Crippen LogP contribution in [0.15, 0.2) is 35.5 Å². The van der Waals surface area contributed by atoms with Gasteiger partial charge in [0.2, 0.25) is 5.91 Å². The second-order valence-corrected chi connectivity index (χ2v) is 9.90. The van der Waals surface area contributed by atoms with E-state index in [1.165, 1.54) is 31.9 Å². The first kappa shape index (κ1) is 24.3. The molecule has 3 N–H and O–H groups in total. The SMILES string of the molecule is Cc1cc(C(CC2CCCCCC2)C(=O)Nc2cnc(NCCO)cn2)ccc1S(C)=O. The standard InChI is InChI=1S/C24H34N4O3S/c1-17-13-19(9-10-21(17)32(2)31)20(14-18-7-5-3-4-6-8-18)24(30)28-23-16-26-22(15-27-23)25-11-12-29/h9-10,13,15-16,18,20,29H,3-8,11-12,14H2,1-2H3,(H,25,26)(H,27,28,30). The summed E-state index contributed by atoms with van der Waals surface area (Å²) in [5, 5.41) is 14.8. The van der Waals surface area contributed by atoms with E-state index >= 15 is 0 Å². The van der Waals surface area contributed by atoms with E-state index in [9.17, 15) is 9.00 Å². The Morgan fingerprint density at radius 1 is 1.16 bits per heavy atom. The summed E-state index contributed by atoms with van der Waals surface area (Å²) in [6, 6.07) is 5.83. The summed E-state index contributed by atoms with van der Waals surface area (Å²) in [5.74, 6) is 1.07. The van der Waals surface area contributed by atoms with Crippen LogP contribution in [0, 0.1) is 12.8 Å². The molecule has 32 heavy (non-hydrogen) atoms. The predicted octanol–water partition coefficient (Wildman–Crippen LogP) is 4.01. The molecule has 1 aromatic heterocycles. The van der Waals surface area contributed by atoms with Crippen LogP contribution in [0.1, 0.15) is 62.0 Å². The molecule has 0 aliphatic heterocycles. The van der Waals surface area contributed by atoms with E-state index in [0.717, 1.165) is 35.3 Å². The van der Waals surface area contributed by atoms with Crippen LogP contribution < -0.4 is 10.6 Å². The summed E-state index contributed by atoms with van der Waals surface area (Å²) < 4.78 is 12.0. The van der Waals surface area contributed by atoms with E-state index in [4.69, 9.17) is 5.11 Å². The number of anilines is 2. The second-order valence-electron chi connectivity index (χ2n) is 8.55. The molecule has 0 bridgehead atoms. The molecule has 1 aliphatic carbocycles. The fraction of sp³-hybridized carbons (Fsp3) is 0.542. The van der Waals surface area contributed by atoms with Crippen molar-refractivity contribution in [3.8, 4) is 0 Å². The van der Waals surface area contributed by atoms with Crippen molar-refractivity contribution < 1.29 is 14.1 Å². The lowest BCUT2D eigenvalue weighted by atomic mass is 9.84. The number of aryl methyl sites for hydroxylation is 1. The molecule has 1 aliphatic rings. The number of nitrogens with zero attached hydrogens (tertiary/aromatic N) is 2. The molecule has 7 nitrogen and oxygen atoms in total. The van der Waals surface area contributed by atoms with Crippen LogP contribution >= 0.6 is 0 Å². The number of nitrogens with one attached hydrogen (secondary N) is 2. The highest BCUT2D eigenvalue weighted by molar-refractivity contribution is 7.84. The Labute approximate surface area is 192 Å². The fourth-order valence-corrected chi connectivity index (χ4v) is 5.19. The van der Waals surface area contributed by atoms with Crippen molar-refractivity contribution in [2.75, 3.05) is 30.0 Å². The van der Waals surface area contributed by atoms with E-state index in [1.54, 1.807) is 12.5 Å². The van der Waals surface area contributed by atoms with Crippen LogP contribution in [0.25, 0.3) is 0 Å². The van der Waals surface area contributed by atoms with E-state index in [2.05, 4.69) is 20.6 Å². The summed E-state index contributed by atoms with van der Waals surface area (Å²) in [6.07, 6.45) is 12.8. The van der Waals surface area contributed by atoms with Gasteiger partial charge in [-0.05, 0) is 36.5 Å². The summed E-state index contributed by atoms with van der Waals surface area (Å²) in [7, 11) is -1.06. The molecule has 0 spiro atoms. The minimum Gasteiger partial charge on any atom is -0.395 e. The van der Waals surface area contributed by atoms with E-state index in [0.29, 0.717) is 24.1 Å². The number of hydrogen-bond donors (Lipinski definition) is 3. The number of carbonyl (C=O) groups is 1. The van der Waals surface area contributed by atoms with Gasteiger partial charge >= 0.3 is 0 Å². The first-order valence-corrected chi connectivity index (χ1v) is 13.0. The average molecular weight is 459 g/mol. The number of benzene rings is 1. The fourth-order valence-electron chi connectivity index (χ4n) is 4.42. The number of carbonyl (C=O) groups excluding carboxylic acids is 1. The molecule has 1 aromatic carbocycles. The second kappa shape index (κ2) is 12.1. The third kappa shape index (κ3) is 6.84. The number of hydrogen-bond acceptors (Lipinski definition) is 6. The van der Waals surface area contributed by atoms with E-state index in [-0.39, 0.29) is 18.4 Å². The molecular formula is C24H34N4O3S. The van der Waals surface area contributed by atoms with E-state index < -0.39 is 10.8 Å². The van der Waals surface area contributed by atoms with Gasteiger partial charge in [-0.3, -0.25) is 9.00 Å². The molecule has 174 valence electrons. The first-order valence-electron chi connectivity index (χ1n) is 11.4. The summed E-state index contributed by atoms with van der Waals surface area (Å²) in [5.41, 5.74) is 1.90. The van der Waals surface area contributed by atoms with Gasteiger partial charge in [0, 0.05) is 17.7 Å². The molecule has 1 saturated carbocycles. The number of aromatic nitrogens is 2. The van der Waals surface area contributed by atoms with Crippen LogP contribution in [-0.4, -0.2) is 44.6 Å². The molecule has 1 amide bonds. The van der Waals surface area contributed by atoms with Gasteiger partial charge in [-0.1, -0.05) is 50.7 Å². The molecule has 2 atom stereocenters. The van der Waals surface area contributed by atoms with Crippen LogP contribution in [0.2, 0.25) is 0 Å². The van der Waals surface area contributed by atoms with Crippen molar-refractivity contribution in [3.05, 3.63) is 41.7 Å². The van der Waals surface area contributed by atoms with Crippen LogP contribution in [0.4, 0.5) is 11.6 Å². The van der Waals surface area contributed by atoms with Gasteiger partial charge in [0.15, 0.2) is 5.82 Å². The Balaban J connectivity index is 1.80. The van der Waals surface area contributed by atoms with Crippen LogP contribution in [-0.2, 0) is 15.6 Å². The molecule has 2 unspecified atom stereocenters. The van der Waals surface area contributed by atoms with Gasteiger partial charge < -0.3 is 15.7 Å². The Bertz CT molecular complexity index is 912. The maximum atomic E-state index is 13.4. The van der Waals surface area contributed by atoms with Crippen molar-refractivity contribution >= 4 is 28.3 Å².